The zero-order chi connectivity index (χ0) is 13.0. The van der Waals surface area contributed by atoms with E-state index in [1.807, 2.05) is 6.92 Å². The van der Waals surface area contributed by atoms with E-state index in [1.165, 1.54) is 24.8 Å². The first-order valence-corrected chi connectivity index (χ1v) is 6.51. The van der Waals surface area contributed by atoms with Crippen molar-refractivity contribution in [3.05, 3.63) is 23.0 Å². The minimum absolute atomic E-state index is 0.193. The van der Waals surface area contributed by atoms with Gasteiger partial charge in [0, 0.05) is 6.54 Å². The number of hydrogen-bond acceptors (Lipinski definition) is 3. The lowest BCUT2D eigenvalue weighted by Gasteiger charge is -2.04. The average Bonchev–Trinajstić information content (AvgIpc) is 2.98. The lowest BCUT2D eigenvalue weighted by Crippen LogP contribution is -2.25. The van der Waals surface area contributed by atoms with Crippen LogP contribution in [0, 0.1) is 0 Å². The first kappa shape index (κ1) is 12.7. The molecule has 0 fully saturated rings. The molecular weight excluding hydrogens is 228 g/mol. The van der Waals surface area contributed by atoms with E-state index in [1.54, 1.807) is 0 Å². The molecule has 0 saturated heterocycles. The van der Waals surface area contributed by atoms with Crippen molar-refractivity contribution in [1.29, 1.82) is 0 Å². The third-order valence-electron chi connectivity index (χ3n) is 3.32. The standard InChI is InChI=1S/C13H20N4O/c1-2-10-11(14)12(17-16-10)13(18)15-8-7-9-5-3-4-6-9/h5H,2-4,6-8,14H2,1H3,(H,15,18)(H,16,17). The molecule has 18 heavy (non-hydrogen) atoms. The van der Waals surface area contributed by atoms with Crippen molar-refractivity contribution in [2.75, 3.05) is 12.3 Å². The van der Waals surface area contributed by atoms with Crippen LogP contribution in [0.15, 0.2) is 11.6 Å². The number of hydrogen-bond donors (Lipinski definition) is 3. The summed E-state index contributed by atoms with van der Waals surface area (Å²) in [7, 11) is 0. The van der Waals surface area contributed by atoms with E-state index >= 15 is 0 Å². The van der Waals surface area contributed by atoms with Gasteiger partial charge < -0.3 is 11.1 Å². The fourth-order valence-corrected chi connectivity index (χ4v) is 2.21. The maximum absolute atomic E-state index is 11.9. The fraction of sp³-hybridized carbons (Fsp3) is 0.538. The molecule has 0 saturated carbocycles. The van der Waals surface area contributed by atoms with E-state index in [9.17, 15) is 4.79 Å². The molecule has 0 bridgehead atoms. The molecule has 0 aromatic carbocycles. The predicted molar refractivity (Wildman–Crippen MR) is 71.3 cm³/mol. The van der Waals surface area contributed by atoms with E-state index in [4.69, 9.17) is 5.73 Å². The second kappa shape index (κ2) is 5.71. The second-order valence-electron chi connectivity index (χ2n) is 4.58. The van der Waals surface area contributed by atoms with Gasteiger partial charge in [0.25, 0.3) is 5.91 Å². The molecule has 98 valence electrons. The summed E-state index contributed by atoms with van der Waals surface area (Å²) in [6, 6.07) is 0. The number of carbonyl (C=O) groups is 1. The molecule has 1 amide bonds. The van der Waals surface area contributed by atoms with Gasteiger partial charge in [0.15, 0.2) is 5.69 Å². The van der Waals surface area contributed by atoms with Crippen LogP contribution < -0.4 is 11.1 Å². The number of carbonyl (C=O) groups excluding carboxylic acids is 1. The average molecular weight is 248 g/mol. The first-order chi connectivity index (χ1) is 8.72. The van der Waals surface area contributed by atoms with Gasteiger partial charge in [0.2, 0.25) is 0 Å². The molecule has 0 aliphatic heterocycles. The molecule has 1 aliphatic rings. The van der Waals surface area contributed by atoms with Gasteiger partial charge in [0.05, 0.1) is 11.4 Å². The van der Waals surface area contributed by atoms with Crippen molar-refractivity contribution >= 4 is 11.6 Å². The fourth-order valence-electron chi connectivity index (χ4n) is 2.21. The van der Waals surface area contributed by atoms with Gasteiger partial charge in [-0.2, -0.15) is 5.10 Å². The van der Waals surface area contributed by atoms with Crippen LogP contribution in [-0.4, -0.2) is 22.6 Å². The number of rotatable bonds is 5. The zero-order valence-corrected chi connectivity index (χ0v) is 10.8. The lowest BCUT2D eigenvalue weighted by atomic mass is 10.1. The molecule has 0 unspecified atom stereocenters. The Morgan fingerprint density at radius 1 is 1.61 bits per heavy atom. The summed E-state index contributed by atoms with van der Waals surface area (Å²) < 4.78 is 0. The topological polar surface area (TPSA) is 83.8 Å². The van der Waals surface area contributed by atoms with Gasteiger partial charge in [-0.1, -0.05) is 18.6 Å². The van der Waals surface area contributed by atoms with E-state index < -0.39 is 0 Å². The van der Waals surface area contributed by atoms with Crippen molar-refractivity contribution in [3.8, 4) is 0 Å². The Bertz CT molecular complexity index is 462. The summed E-state index contributed by atoms with van der Waals surface area (Å²) in [5.41, 5.74) is 8.88. The van der Waals surface area contributed by atoms with Crippen molar-refractivity contribution in [3.63, 3.8) is 0 Å². The Kier molecular flexibility index (Phi) is 4.02. The van der Waals surface area contributed by atoms with Crippen molar-refractivity contribution < 1.29 is 4.79 Å². The van der Waals surface area contributed by atoms with Crippen LogP contribution in [0.1, 0.15) is 48.8 Å². The molecule has 0 spiro atoms. The van der Waals surface area contributed by atoms with Crippen LogP contribution in [0.25, 0.3) is 0 Å². The van der Waals surface area contributed by atoms with Crippen LogP contribution in [0.3, 0.4) is 0 Å². The highest BCUT2D eigenvalue weighted by molar-refractivity contribution is 5.97. The normalized spacial score (nSPS) is 14.6. The van der Waals surface area contributed by atoms with Crippen molar-refractivity contribution in [1.82, 2.24) is 15.5 Å². The number of nitrogens with zero attached hydrogens (tertiary/aromatic N) is 1. The number of nitrogen functional groups attached to an aromatic ring is 1. The van der Waals surface area contributed by atoms with Crippen LogP contribution in [-0.2, 0) is 6.42 Å². The van der Waals surface area contributed by atoms with Crippen LogP contribution >= 0.6 is 0 Å². The highest BCUT2D eigenvalue weighted by atomic mass is 16.1. The van der Waals surface area contributed by atoms with Crippen molar-refractivity contribution in [2.24, 2.45) is 0 Å². The van der Waals surface area contributed by atoms with Gasteiger partial charge in [-0.3, -0.25) is 9.89 Å². The monoisotopic (exact) mass is 248 g/mol. The molecule has 1 aromatic heterocycles. The number of H-pyrrole nitrogens is 1. The number of aromatic amines is 1. The SMILES string of the molecule is CCc1[nH]nc(C(=O)NCCC2=CCCC2)c1N. The molecule has 1 heterocycles. The van der Waals surface area contributed by atoms with E-state index in [0.29, 0.717) is 17.9 Å². The smallest absolute Gasteiger partial charge is 0.273 e. The Balaban J connectivity index is 1.85. The largest absolute Gasteiger partial charge is 0.395 e. The van der Waals surface area contributed by atoms with Gasteiger partial charge in [-0.05, 0) is 32.1 Å². The van der Waals surface area contributed by atoms with E-state index in [2.05, 4.69) is 21.6 Å². The summed E-state index contributed by atoms with van der Waals surface area (Å²) in [4.78, 5) is 11.9. The minimum atomic E-state index is -0.193. The van der Waals surface area contributed by atoms with E-state index in [0.717, 1.165) is 18.5 Å². The Morgan fingerprint density at radius 2 is 2.44 bits per heavy atom. The molecule has 1 aliphatic carbocycles. The third-order valence-corrected chi connectivity index (χ3v) is 3.32. The second-order valence-corrected chi connectivity index (χ2v) is 4.58. The molecular formula is C13H20N4O. The minimum Gasteiger partial charge on any atom is -0.395 e. The summed E-state index contributed by atoms with van der Waals surface area (Å²) >= 11 is 0. The van der Waals surface area contributed by atoms with Gasteiger partial charge in [-0.15, -0.1) is 0 Å². The first-order valence-electron chi connectivity index (χ1n) is 6.51. The Labute approximate surface area is 107 Å². The van der Waals surface area contributed by atoms with Crippen molar-refractivity contribution in [2.45, 2.75) is 39.0 Å². The summed E-state index contributed by atoms with van der Waals surface area (Å²) in [6.07, 6.45) is 7.53. The highest BCUT2D eigenvalue weighted by Crippen LogP contribution is 2.20. The van der Waals surface area contributed by atoms with Gasteiger partial charge in [-0.25, -0.2) is 0 Å². The van der Waals surface area contributed by atoms with Crippen LogP contribution in [0.5, 0.6) is 0 Å². The van der Waals surface area contributed by atoms with Gasteiger partial charge in [0.1, 0.15) is 0 Å². The number of nitrogens with one attached hydrogen (secondary N) is 2. The summed E-state index contributed by atoms with van der Waals surface area (Å²) in [5.74, 6) is -0.193. The Hall–Kier alpha value is -1.78. The number of aromatic nitrogens is 2. The maximum atomic E-state index is 11.9. The van der Waals surface area contributed by atoms with Crippen LogP contribution in [0.2, 0.25) is 0 Å². The molecule has 5 nitrogen and oxygen atoms in total. The number of amides is 1. The zero-order valence-electron chi connectivity index (χ0n) is 10.8. The quantitative estimate of drug-likeness (QED) is 0.694. The number of aryl methyl sites for hydroxylation is 1. The highest BCUT2D eigenvalue weighted by Gasteiger charge is 2.16. The predicted octanol–water partition coefficient (Wildman–Crippen LogP) is 1.78. The molecule has 4 N–H and O–H groups in total. The molecule has 5 heteroatoms. The number of allylic oxidation sites excluding steroid dienone is 1. The van der Waals surface area contributed by atoms with Crippen LogP contribution in [0.4, 0.5) is 5.69 Å². The van der Waals surface area contributed by atoms with Gasteiger partial charge >= 0.3 is 0 Å². The molecule has 0 atom stereocenters. The third kappa shape index (κ3) is 2.72. The molecule has 2 rings (SSSR count). The Morgan fingerprint density at radius 3 is 3.06 bits per heavy atom. The summed E-state index contributed by atoms with van der Waals surface area (Å²) in [6.45, 7) is 2.62. The van der Waals surface area contributed by atoms with E-state index in [-0.39, 0.29) is 5.91 Å². The molecule has 0 radical (unpaired) electrons. The number of anilines is 1. The lowest BCUT2D eigenvalue weighted by molar-refractivity contribution is 0.0950. The molecule has 1 aromatic rings. The number of nitrogens with two attached hydrogens (primary N) is 1. The maximum Gasteiger partial charge on any atom is 0.273 e. The summed E-state index contributed by atoms with van der Waals surface area (Å²) in [5, 5.41) is 9.61.